The van der Waals surface area contributed by atoms with E-state index < -0.39 is 6.04 Å². The summed E-state index contributed by atoms with van der Waals surface area (Å²) >= 11 is 0. The predicted octanol–water partition coefficient (Wildman–Crippen LogP) is 3.58. The monoisotopic (exact) mass is 419 g/mol. The second kappa shape index (κ2) is 9.92. The Morgan fingerprint density at radius 1 is 1.03 bits per heavy atom. The maximum absolute atomic E-state index is 12.8. The van der Waals surface area contributed by atoms with Crippen LogP contribution >= 0.6 is 0 Å². The zero-order chi connectivity index (χ0) is 22.4. The van der Waals surface area contributed by atoms with Gasteiger partial charge in [0.15, 0.2) is 0 Å². The second-order valence-electron chi connectivity index (χ2n) is 9.31. The molecule has 0 spiro atoms. The number of hydrogen-bond acceptors (Lipinski definition) is 3. The number of nitrogens with two attached hydrogens (primary N) is 1. The highest BCUT2D eigenvalue weighted by Gasteiger charge is 2.28. The summed E-state index contributed by atoms with van der Waals surface area (Å²) in [6, 6.07) is 17.3. The summed E-state index contributed by atoms with van der Waals surface area (Å²) in [6.45, 7) is 7.08. The summed E-state index contributed by atoms with van der Waals surface area (Å²) in [4.78, 5) is 27.3. The summed E-state index contributed by atoms with van der Waals surface area (Å²) in [7, 11) is 0. The number of benzene rings is 2. The Balaban J connectivity index is 1.66. The van der Waals surface area contributed by atoms with Crippen molar-refractivity contribution in [1.82, 2.24) is 10.2 Å². The molecule has 0 fully saturated rings. The Hall–Kier alpha value is -2.92. The predicted molar refractivity (Wildman–Crippen MR) is 124 cm³/mol. The molecule has 1 aliphatic rings. The molecule has 1 heterocycles. The largest absolute Gasteiger partial charge is 0.349 e. The summed E-state index contributed by atoms with van der Waals surface area (Å²) < 4.78 is 0. The minimum atomic E-state index is -0.621. The van der Waals surface area contributed by atoms with E-state index in [0.29, 0.717) is 19.5 Å². The van der Waals surface area contributed by atoms with Gasteiger partial charge in [-0.25, -0.2) is 0 Å². The normalized spacial score (nSPS) is 15.5. The molecule has 2 amide bonds. The van der Waals surface area contributed by atoms with Gasteiger partial charge in [-0.1, -0.05) is 81.4 Å². The lowest BCUT2D eigenvalue weighted by Crippen LogP contribution is -2.51. The van der Waals surface area contributed by atoms with Gasteiger partial charge in [-0.2, -0.15) is 0 Å². The van der Waals surface area contributed by atoms with Crippen LogP contribution in [0.25, 0.3) is 0 Å². The molecule has 3 N–H and O–H groups in total. The molecule has 5 nitrogen and oxygen atoms in total. The first kappa shape index (κ1) is 22.8. The molecule has 0 aromatic heterocycles. The maximum atomic E-state index is 12.8. The third-order valence-electron chi connectivity index (χ3n) is 5.75. The van der Waals surface area contributed by atoms with Gasteiger partial charge in [0.2, 0.25) is 11.8 Å². The van der Waals surface area contributed by atoms with Crippen molar-refractivity contribution in [3.05, 3.63) is 83.4 Å². The number of fused-ring (bicyclic) bond motifs is 1. The van der Waals surface area contributed by atoms with Crippen molar-refractivity contribution >= 4 is 11.8 Å². The van der Waals surface area contributed by atoms with Crippen molar-refractivity contribution in [3.63, 3.8) is 0 Å². The summed E-state index contributed by atoms with van der Waals surface area (Å²) in [5.41, 5.74) is 9.37. The Morgan fingerprint density at radius 3 is 2.19 bits per heavy atom. The van der Waals surface area contributed by atoms with Crippen LogP contribution in [-0.2, 0) is 29.1 Å². The fraction of sp³-hybridized carbons (Fsp3) is 0.385. The molecule has 0 saturated carbocycles. The molecule has 5 heteroatoms. The van der Waals surface area contributed by atoms with Crippen LogP contribution in [0, 0.1) is 5.41 Å². The van der Waals surface area contributed by atoms with Crippen molar-refractivity contribution in [2.75, 3.05) is 0 Å². The maximum Gasteiger partial charge on any atom is 0.246 e. The van der Waals surface area contributed by atoms with Crippen LogP contribution in [0.3, 0.4) is 0 Å². The molecule has 164 valence electrons. The van der Waals surface area contributed by atoms with Gasteiger partial charge >= 0.3 is 0 Å². The van der Waals surface area contributed by atoms with Crippen molar-refractivity contribution in [2.24, 2.45) is 11.1 Å². The van der Waals surface area contributed by atoms with Crippen molar-refractivity contribution < 1.29 is 9.59 Å². The van der Waals surface area contributed by atoms with E-state index >= 15 is 0 Å². The van der Waals surface area contributed by atoms with E-state index in [0.717, 1.165) is 6.42 Å². The lowest BCUT2D eigenvalue weighted by molar-refractivity contribution is -0.127. The van der Waals surface area contributed by atoms with Gasteiger partial charge in [0.05, 0.1) is 6.04 Å². The number of rotatable bonds is 7. The molecule has 3 rings (SSSR count). The molecule has 0 bridgehead atoms. The minimum Gasteiger partial charge on any atom is -0.349 e. The average molecular weight is 420 g/mol. The van der Waals surface area contributed by atoms with Gasteiger partial charge in [0.25, 0.3) is 0 Å². The van der Waals surface area contributed by atoms with Crippen molar-refractivity contribution in [3.8, 4) is 0 Å². The lowest BCUT2D eigenvalue weighted by atomic mass is 9.86. The third kappa shape index (κ3) is 6.28. The minimum absolute atomic E-state index is 0.0460. The number of carbonyl (C=O) groups excluding carboxylic acids is 2. The van der Waals surface area contributed by atoms with Crippen LogP contribution in [0.5, 0.6) is 0 Å². The fourth-order valence-corrected chi connectivity index (χ4v) is 3.64. The van der Waals surface area contributed by atoms with Crippen molar-refractivity contribution in [1.29, 1.82) is 0 Å². The summed E-state index contributed by atoms with van der Waals surface area (Å²) in [5, 5.41) is 3.04. The zero-order valence-corrected chi connectivity index (χ0v) is 18.7. The smallest absolute Gasteiger partial charge is 0.246 e. The molecule has 2 aromatic carbocycles. The van der Waals surface area contributed by atoms with E-state index in [1.165, 1.54) is 16.7 Å². The quantitative estimate of drug-likeness (QED) is 0.674. The number of amides is 2. The fourth-order valence-electron chi connectivity index (χ4n) is 3.64. The first-order valence-electron chi connectivity index (χ1n) is 10.9. The van der Waals surface area contributed by atoms with Crippen LogP contribution in [0.15, 0.2) is 66.7 Å². The highest BCUT2D eigenvalue weighted by atomic mass is 16.2. The molecular weight excluding hydrogens is 386 g/mol. The van der Waals surface area contributed by atoms with Crippen molar-refractivity contribution in [2.45, 2.75) is 58.8 Å². The second-order valence-corrected chi connectivity index (χ2v) is 9.31. The van der Waals surface area contributed by atoms with Gasteiger partial charge in [-0.15, -0.1) is 0 Å². The molecule has 2 atom stereocenters. The number of aryl methyl sites for hydroxylation is 1. The molecule has 0 radical (unpaired) electrons. The van der Waals surface area contributed by atoms with E-state index in [1.54, 1.807) is 6.08 Å². The SMILES string of the molecule is CC(C)(C)C(N)C(=O)NC(C=CC(=O)N1Cc2ccccc2C1)CCc1ccccc1. The Morgan fingerprint density at radius 2 is 1.61 bits per heavy atom. The van der Waals surface area contributed by atoms with Crippen LogP contribution < -0.4 is 11.1 Å². The lowest BCUT2D eigenvalue weighted by Gasteiger charge is -2.27. The van der Waals surface area contributed by atoms with Gasteiger partial charge in [-0.3, -0.25) is 9.59 Å². The van der Waals surface area contributed by atoms with Gasteiger partial charge in [-0.05, 0) is 34.9 Å². The highest BCUT2D eigenvalue weighted by molar-refractivity contribution is 5.88. The molecule has 2 unspecified atom stereocenters. The average Bonchev–Trinajstić information content (AvgIpc) is 3.19. The molecule has 31 heavy (non-hydrogen) atoms. The first-order chi connectivity index (χ1) is 14.7. The molecular formula is C26H33N3O2. The number of carbonyl (C=O) groups is 2. The molecule has 0 saturated heterocycles. The standard InChI is InChI=1S/C26H33N3O2/c1-26(2,3)24(27)25(31)28-22(14-13-19-9-5-4-6-10-19)15-16-23(30)29-17-20-11-7-8-12-21(20)18-29/h4-12,15-16,22,24H,13-14,17-18,27H2,1-3H3,(H,28,31). The Labute approximate surface area is 185 Å². The first-order valence-corrected chi connectivity index (χ1v) is 10.9. The van der Waals surface area contributed by atoms with Gasteiger partial charge in [0.1, 0.15) is 0 Å². The zero-order valence-electron chi connectivity index (χ0n) is 18.7. The Bertz CT molecular complexity index is 906. The topological polar surface area (TPSA) is 75.4 Å². The van der Waals surface area contributed by atoms with E-state index in [-0.39, 0.29) is 23.3 Å². The van der Waals surface area contributed by atoms with Gasteiger partial charge in [0, 0.05) is 25.2 Å². The van der Waals surface area contributed by atoms with E-state index in [1.807, 2.05) is 62.1 Å². The third-order valence-corrected chi connectivity index (χ3v) is 5.75. The summed E-state index contributed by atoms with van der Waals surface area (Å²) in [5.74, 6) is -0.244. The van der Waals surface area contributed by atoms with Crippen LogP contribution in [-0.4, -0.2) is 28.8 Å². The molecule has 1 aliphatic heterocycles. The number of nitrogens with one attached hydrogen (secondary N) is 1. The van der Waals surface area contributed by atoms with Crippen LogP contribution in [0.2, 0.25) is 0 Å². The van der Waals surface area contributed by atoms with E-state index in [2.05, 4.69) is 29.6 Å². The van der Waals surface area contributed by atoms with E-state index in [9.17, 15) is 9.59 Å². The van der Waals surface area contributed by atoms with Crippen LogP contribution in [0.1, 0.15) is 43.9 Å². The molecule has 2 aromatic rings. The summed E-state index contributed by atoms with van der Waals surface area (Å²) in [6.07, 6.45) is 4.88. The van der Waals surface area contributed by atoms with E-state index in [4.69, 9.17) is 5.73 Å². The van der Waals surface area contributed by atoms with Gasteiger partial charge < -0.3 is 16.0 Å². The number of nitrogens with zero attached hydrogens (tertiary/aromatic N) is 1. The Kier molecular flexibility index (Phi) is 7.29. The highest BCUT2D eigenvalue weighted by Crippen LogP contribution is 2.22. The molecule has 0 aliphatic carbocycles. The van der Waals surface area contributed by atoms with Crippen LogP contribution in [0.4, 0.5) is 0 Å². The number of hydrogen-bond donors (Lipinski definition) is 2.